The number of rotatable bonds is 3. The van der Waals surface area contributed by atoms with Crippen molar-refractivity contribution in [2.75, 3.05) is 0 Å². The largest absolute Gasteiger partial charge is 0.135 e. The van der Waals surface area contributed by atoms with Crippen molar-refractivity contribution in [2.45, 2.75) is 0 Å². The molecule has 0 fully saturated rings. The van der Waals surface area contributed by atoms with Crippen molar-refractivity contribution in [1.82, 2.24) is 0 Å². The van der Waals surface area contributed by atoms with Crippen molar-refractivity contribution in [1.29, 1.82) is 0 Å². The summed E-state index contributed by atoms with van der Waals surface area (Å²) in [6.07, 6.45) is 0. The fourth-order valence-electron chi connectivity index (χ4n) is 8.44. The first-order valence-corrected chi connectivity index (χ1v) is 18.4. The summed E-state index contributed by atoms with van der Waals surface area (Å²) in [6, 6.07) is 67.4. The highest BCUT2D eigenvalue weighted by Gasteiger charge is 2.16. The molecule has 51 heavy (non-hydrogen) atoms. The van der Waals surface area contributed by atoms with E-state index < -0.39 is 0 Å². The van der Waals surface area contributed by atoms with Crippen LogP contribution in [0.4, 0.5) is 0 Å². The quantitative estimate of drug-likeness (QED) is 0.165. The lowest BCUT2D eigenvalue weighted by molar-refractivity contribution is 1.59. The number of hydrogen-bond acceptors (Lipinski definition) is 1. The molecule has 1 heterocycles. The van der Waals surface area contributed by atoms with E-state index >= 15 is 0 Å². The third-order valence-electron chi connectivity index (χ3n) is 10.8. The summed E-state index contributed by atoms with van der Waals surface area (Å²) in [6.45, 7) is 0. The Hall–Kier alpha value is -6.28. The van der Waals surface area contributed by atoms with Gasteiger partial charge >= 0.3 is 0 Å². The van der Waals surface area contributed by atoms with Gasteiger partial charge in [0.15, 0.2) is 0 Å². The highest BCUT2D eigenvalue weighted by atomic mass is 32.1. The Balaban J connectivity index is 1.02. The van der Waals surface area contributed by atoms with E-state index in [1.165, 1.54) is 107 Å². The zero-order valence-corrected chi connectivity index (χ0v) is 28.5. The van der Waals surface area contributed by atoms with Crippen LogP contribution >= 0.6 is 11.3 Å². The molecule has 0 nitrogen and oxygen atoms in total. The number of thiophene rings is 1. The van der Waals surface area contributed by atoms with Gasteiger partial charge in [-0.1, -0.05) is 158 Å². The van der Waals surface area contributed by atoms with E-state index in [0.29, 0.717) is 0 Å². The zero-order chi connectivity index (χ0) is 33.5. The molecule has 0 aliphatic heterocycles. The molecule has 0 bridgehead atoms. The maximum Gasteiger partial charge on any atom is 0.0361 e. The number of hydrogen-bond donors (Lipinski definition) is 0. The van der Waals surface area contributed by atoms with Crippen LogP contribution in [0.15, 0.2) is 182 Å². The van der Waals surface area contributed by atoms with Gasteiger partial charge in [0, 0.05) is 20.2 Å². The minimum absolute atomic E-state index is 1.22. The van der Waals surface area contributed by atoms with Crippen molar-refractivity contribution < 1.29 is 0 Å². The fourth-order valence-corrected chi connectivity index (χ4v) is 9.59. The Bertz CT molecular complexity index is 3180. The Labute approximate surface area is 299 Å². The molecule has 0 amide bonds. The van der Waals surface area contributed by atoms with Gasteiger partial charge in [-0.2, -0.15) is 0 Å². The normalized spacial score (nSPS) is 11.9. The van der Waals surface area contributed by atoms with Crippen LogP contribution in [0.25, 0.3) is 107 Å². The van der Waals surface area contributed by atoms with Gasteiger partial charge in [0.1, 0.15) is 0 Å². The van der Waals surface area contributed by atoms with Crippen LogP contribution in [0.3, 0.4) is 0 Å². The third kappa shape index (κ3) is 4.39. The van der Waals surface area contributed by atoms with Gasteiger partial charge in [0.25, 0.3) is 0 Å². The lowest BCUT2D eigenvalue weighted by Gasteiger charge is -2.17. The number of benzene rings is 10. The first kappa shape index (κ1) is 28.5. The molecule has 0 N–H and O–H groups in total. The van der Waals surface area contributed by atoms with Gasteiger partial charge in [-0.15, -0.1) is 11.3 Å². The van der Waals surface area contributed by atoms with Crippen LogP contribution in [0.5, 0.6) is 0 Å². The molecule has 236 valence electrons. The van der Waals surface area contributed by atoms with Gasteiger partial charge in [-0.3, -0.25) is 0 Å². The average Bonchev–Trinajstić information content (AvgIpc) is 3.59. The van der Waals surface area contributed by atoms with Crippen molar-refractivity contribution in [2.24, 2.45) is 0 Å². The van der Waals surface area contributed by atoms with E-state index in [0.717, 1.165) is 0 Å². The minimum Gasteiger partial charge on any atom is -0.135 e. The van der Waals surface area contributed by atoms with Crippen molar-refractivity contribution in [3.63, 3.8) is 0 Å². The van der Waals surface area contributed by atoms with E-state index in [4.69, 9.17) is 0 Å². The van der Waals surface area contributed by atoms with E-state index in [1.807, 2.05) is 11.3 Å². The maximum atomic E-state index is 2.40. The molecule has 1 heteroatoms. The molecule has 0 saturated heterocycles. The molecule has 0 radical (unpaired) electrons. The molecule has 0 aliphatic carbocycles. The second-order valence-corrected chi connectivity index (χ2v) is 14.7. The molecular formula is C50H30S. The summed E-state index contributed by atoms with van der Waals surface area (Å²) in [7, 11) is 0. The monoisotopic (exact) mass is 662 g/mol. The minimum atomic E-state index is 1.22. The Morgan fingerprint density at radius 2 is 0.608 bits per heavy atom. The average molecular weight is 663 g/mol. The predicted molar refractivity (Wildman–Crippen MR) is 223 cm³/mol. The smallest absolute Gasteiger partial charge is 0.0361 e. The summed E-state index contributed by atoms with van der Waals surface area (Å²) < 4.78 is 2.68. The van der Waals surface area contributed by atoms with E-state index in [2.05, 4.69) is 182 Å². The lowest BCUT2D eigenvalue weighted by Crippen LogP contribution is -1.89. The Morgan fingerprint density at radius 1 is 0.216 bits per heavy atom. The molecule has 11 rings (SSSR count). The van der Waals surface area contributed by atoms with Crippen LogP contribution in [-0.4, -0.2) is 0 Å². The SMILES string of the molecule is c1cc(-c2ccc(-c3ccc4c(c3)c3ccccc3c3c5ccccc5c5ccccc5c43)cc2)cc(-c2ccc3c(c2)sc2ccccc23)c1. The molecule has 0 spiro atoms. The van der Waals surface area contributed by atoms with E-state index in [9.17, 15) is 0 Å². The standard InChI is InChI=1S/C50H30S/c1-4-16-42-37(12-1)38-13-2-5-17-43(38)50-45-27-25-35(29-46(45)39-14-3-6-18-44(39)49(42)50)32-22-20-31(21-23-32)33-10-9-11-34(28-33)36-24-26-41-40-15-7-8-19-47(40)51-48(41)30-36/h1-30H. The summed E-state index contributed by atoms with van der Waals surface area (Å²) in [5, 5.41) is 15.8. The van der Waals surface area contributed by atoms with Crippen LogP contribution < -0.4 is 0 Å². The molecule has 0 saturated carbocycles. The predicted octanol–water partition coefficient (Wildman–Crippen LogP) is 14.8. The molecular weight excluding hydrogens is 633 g/mol. The van der Waals surface area contributed by atoms with Gasteiger partial charge in [-0.05, 0) is 112 Å². The van der Waals surface area contributed by atoms with Crippen LogP contribution in [0.2, 0.25) is 0 Å². The van der Waals surface area contributed by atoms with E-state index in [1.54, 1.807) is 0 Å². The zero-order valence-electron chi connectivity index (χ0n) is 27.7. The fraction of sp³-hybridized carbons (Fsp3) is 0. The molecule has 11 aromatic rings. The third-order valence-corrected chi connectivity index (χ3v) is 12.0. The van der Waals surface area contributed by atoms with Gasteiger partial charge in [0.2, 0.25) is 0 Å². The molecule has 0 unspecified atom stereocenters. The van der Waals surface area contributed by atoms with Crippen molar-refractivity contribution >= 4 is 85.4 Å². The van der Waals surface area contributed by atoms with Crippen LogP contribution in [0.1, 0.15) is 0 Å². The summed E-state index contributed by atoms with van der Waals surface area (Å²) in [5.74, 6) is 0. The molecule has 1 aromatic heterocycles. The van der Waals surface area contributed by atoms with Gasteiger partial charge in [-0.25, -0.2) is 0 Å². The summed E-state index contributed by atoms with van der Waals surface area (Å²) in [4.78, 5) is 0. The van der Waals surface area contributed by atoms with E-state index in [-0.39, 0.29) is 0 Å². The highest BCUT2D eigenvalue weighted by molar-refractivity contribution is 7.25. The first-order valence-electron chi connectivity index (χ1n) is 17.6. The topological polar surface area (TPSA) is 0 Å². The molecule has 0 aliphatic rings. The number of fused-ring (bicyclic) bond motifs is 14. The Morgan fingerprint density at radius 3 is 1.22 bits per heavy atom. The molecule has 0 atom stereocenters. The summed E-state index contributed by atoms with van der Waals surface area (Å²) in [5.41, 5.74) is 7.40. The highest BCUT2D eigenvalue weighted by Crippen LogP contribution is 2.45. The van der Waals surface area contributed by atoms with Crippen molar-refractivity contribution in [3.05, 3.63) is 182 Å². The van der Waals surface area contributed by atoms with Crippen LogP contribution in [0, 0.1) is 0 Å². The summed E-state index contributed by atoms with van der Waals surface area (Å²) >= 11 is 1.87. The van der Waals surface area contributed by atoms with Crippen molar-refractivity contribution in [3.8, 4) is 33.4 Å². The Kier molecular flexibility index (Phi) is 6.22. The second-order valence-electron chi connectivity index (χ2n) is 13.6. The van der Waals surface area contributed by atoms with Gasteiger partial charge in [0.05, 0.1) is 0 Å². The van der Waals surface area contributed by atoms with Crippen LogP contribution in [-0.2, 0) is 0 Å². The maximum absolute atomic E-state index is 2.40. The molecule has 10 aromatic carbocycles. The van der Waals surface area contributed by atoms with Gasteiger partial charge < -0.3 is 0 Å². The second kappa shape index (κ2) is 11.1. The first-order chi connectivity index (χ1) is 25.3. The lowest BCUT2D eigenvalue weighted by atomic mass is 9.86.